The number of rotatable bonds is 2. The second-order valence-electron chi connectivity index (χ2n) is 6.06. The second-order valence-corrected chi connectivity index (χ2v) is 7.80. The lowest BCUT2D eigenvalue weighted by Crippen LogP contribution is -2.54. The molecular weight excluding hydrogens is 306 g/mol. The van der Waals surface area contributed by atoms with Crippen molar-refractivity contribution in [3.8, 4) is 0 Å². The molecule has 0 spiro atoms. The van der Waals surface area contributed by atoms with E-state index >= 15 is 0 Å². The Kier molecular flexibility index (Phi) is 4.38. The number of fused-ring (bicyclic) bond motifs is 1. The van der Waals surface area contributed by atoms with Crippen LogP contribution in [0.4, 0.5) is 0 Å². The van der Waals surface area contributed by atoms with Crippen LogP contribution in [-0.4, -0.2) is 34.6 Å². The minimum Gasteiger partial charge on any atom is -0.389 e. The Morgan fingerprint density at radius 3 is 3.05 bits per heavy atom. The van der Waals surface area contributed by atoms with E-state index in [0.29, 0.717) is 19.5 Å². The summed E-state index contributed by atoms with van der Waals surface area (Å²) in [5.41, 5.74) is -0.528. The van der Waals surface area contributed by atoms with Crippen LogP contribution in [0.5, 0.6) is 0 Å². The molecule has 2 heterocycles. The minimum absolute atomic E-state index is 0.0344. The summed E-state index contributed by atoms with van der Waals surface area (Å²) in [7, 11) is 0. The first-order valence-corrected chi connectivity index (χ1v) is 8.71. The van der Waals surface area contributed by atoms with Crippen LogP contribution in [0.1, 0.15) is 37.0 Å². The highest BCUT2D eigenvalue weighted by molar-refractivity contribution is 7.17. The molecule has 5 heteroatoms. The standard InChI is InChI=1S/C16H20ClNO2S/c17-14-6-4-13(21-14)5-7-15(19)18-10-9-16(20)8-2-1-3-12(16)11-18/h4-7,12,20H,1-3,8-11H2/b7-5+. The number of likely N-dealkylation sites (tertiary alicyclic amines) is 1. The summed E-state index contributed by atoms with van der Waals surface area (Å²) >= 11 is 7.34. The van der Waals surface area contributed by atoms with Crippen LogP contribution in [0, 0.1) is 5.92 Å². The molecule has 2 fully saturated rings. The lowest BCUT2D eigenvalue weighted by molar-refractivity contribution is -0.138. The third kappa shape index (κ3) is 3.33. The fourth-order valence-corrected chi connectivity index (χ4v) is 4.41. The molecule has 1 saturated carbocycles. The van der Waals surface area contributed by atoms with Gasteiger partial charge in [0.05, 0.1) is 9.94 Å². The molecule has 1 aliphatic heterocycles. The van der Waals surface area contributed by atoms with E-state index in [1.54, 1.807) is 6.08 Å². The van der Waals surface area contributed by atoms with Crippen molar-refractivity contribution in [2.75, 3.05) is 13.1 Å². The van der Waals surface area contributed by atoms with E-state index in [9.17, 15) is 9.90 Å². The lowest BCUT2D eigenvalue weighted by Gasteiger charge is -2.47. The van der Waals surface area contributed by atoms with Crippen molar-refractivity contribution in [3.05, 3.63) is 27.4 Å². The average Bonchev–Trinajstić information content (AvgIpc) is 2.89. The highest BCUT2D eigenvalue weighted by Crippen LogP contribution is 2.39. The molecule has 3 rings (SSSR count). The van der Waals surface area contributed by atoms with Gasteiger partial charge >= 0.3 is 0 Å². The maximum absolute atomic E-state index is 12.3. The Bertz CT molecular complexity index is 556. The predicted octanol–water partition coefficient (Wildman–Crippen LogP) is 3.57. The molecule has 1 saturated heterocycles. The van der Waals surface area contributed by atoms with Gasteiger partial charge in [-0.3, -0.25) is 4.79 Å². The number of carbonyl (C=O) groups excluding carboxylic acids is 1. The zero-order valence-corrected chi connectivity index (χ0v) is 13.5. The Balaban J connectivity index is 1.62. The highest BCUT2D eigenvalue weighted by Gasteiger charge is 2.43. The number of nitrogens with zero attached hydrogens (tertiary/aromatic N) is 1. The summed E-state index contributed by atoms with van der Waals surface area (Å²) in [4.78, 5) is 15.1. The molecule has 2 atom stereocenters. The van der Waals surface area contributed by atoms with Crippen LogP contribution in [-0.2, 0) is 4.79 Å². The molecule has 3 nitrogen and oxygen atoms in total. The monoisotopic (exact) mass is 325 g/mol. The largest absolute Gasteiger partial charge is 0.389 e. The van der Waals surface area contributed by atoms with Gasteiger partial charge in [-0.25, -0.2) is 0 Å². The van der Waals surface area contributed by atoms with Gasteiger partial charge in [-0.15, -0.1) is 11.3 Å². The van der Waals surface area contributed by atoms with Crippen LogP contribution < -0.4 is 0 Å². The Labute approximate surface area is 134 Å². The maximum atomic E-state index is 12.3. The van der Waals surface area contributed by atoms with Crippen molar-refractivity contribution in [2.45, 2.75) is 37.7 Å². The van der Waals surface area contributed by atoms with Crippen LogP contribution >= 0.6 is 22.9 Å². The maximum Gasteiger partial charge on any atom is 0.246 e. The van der Waals surface area contributed by atoms with E-state index in [1.165, 1.54) is 17.8 Å². The molecule has 0 aromatic carbocycles. The first-order chi connectivity index (χ1) is 10.1. The number of hydrogen-bond acceptors (Lipinski definition) is 3. The van der Waals surface area contributed by atoms with Crippen molar-refractivity contribution in [1.82, 2.24) is 4.90 Å². The number of piperidine rings is 1. The van der Waals surface area contributed by atoms with Gasteiger partial charge in [-0.1, -0.05) is 24.4 Å². The summed E-state index contributed by atoms with van der Waals surface area (Å²) in [6.07, 6.45) is 8.35. The van der Waals surface area contributed by atoms with Gasteiger partial charge in [0.2, 0.25) is 5.91 Å². The number of halogens is 1. The molecule has 2 unspecified atom stereocenters. The quantitative estimate of drug-likeness (QED) is 0.844. The summed E-state index contributed by atoms with van der Waals surface area (Å²) in [5, 5.41) is 10.6. The number of amides is 1. The van der Waals surface area contributed by atoms with Crippen molar-refractivity contribution < 1.29 is 9.90 Å². The van der Waals surface area contributed by atoms with E-state index in [2.05, 4.69) is 0 Å². The zero-order valence-electron chi connectivity index (χ0n) is 11.9. The topological polar surface area (TPSA) is 40.5 Å². The van der Waals surface area contributed by atoms with Crippen molar-refractivity contribution in [1.29, 1.82) is 0 Å². The lowest BCUT2D eigenvalue weighted by atomic mass is 9.71. The molecule has 21 heavy (non-hydrogen) atoms. The van der Waals surface area contributed by atoms with Crippen molar-refractivity contribution in [2.24, 2.45) is 5.92 Å². The van der Waals surface area contributed by atoms with E-state index in [0.717, 1.165) is 28.5 Å². The van der Waals surface area contributed by atoms with E-state index in [1.807, 2.05) is 23.1 Å². The van der Waals surface area contributed by atoms with Crippen LogP contribution in [0.3, 0.4) is 0 Å². The molecule has 1 amide bonds. The number of carbonyl (C=O) groups is 1. The Hall–Kier alpha value is -0.840. The molecular formula is C16H20ClNO2S. The SMILES string of the molecule is O=C(/C=C/c1ccc(Cl)s1)N1CCC2(O)CCCCC2C1. The van der Waals surface area contributed by atoms with Crippen molar-refractivity contribution in [3.63, 3.8) is 0 Å². The van der Waals surface area contributed by atoms with Gasteiger partial charge in [0.1, 0.15) is 0 Å². The summed E-state index contributed by atoms with van der Waals surface area (Å²) in [5.74, 6) is 0.278. The van der Waals surface area contributed by atoms with Gasteiger partial charge in [0.15, 0.2) is 0 Å². The first kappa shape index (κ1) is 15.1. The van der Waals surface area contributed by atoms with Gasteiger partial charge < -0.3 is 10.0 Å². The minimum atomic E-state index is -0.528. The molecule has 1 aliphatic carbocycles. The third-order valence-electron chi connectivity index (χ3n) is 4.72. The molecule has 0 bridgehead atoms. The third-order valence-corrected chi connectivity index (χ3v) is 5.92. The number of aliphatic hydroxyl groups is 1. The first-order valence-electron chi connectivity index (χ1n) is 7.51. The highest BCUT2D eigenvalue weighted by atomic mass is 35.5. The zero-order chi connectivity index (χ0) is 14.9. The molecule has 1 aromatic heterocycles. The van der Waals surface area contributed by atoms with Crippen LogP contribution in [0.15, 0.2) is 18.2 Å². The van der Waals surface area contributed by atoms with E-state index in [-0.39, 0.29) is 11.8 Å². The number of hydrogen-bond donors (Lipinski definition) is 1. The molecule has 114 valence electrons. The normalized spacial score (nSPS) is 29.6. The fraction of sp³-hybridized carbons (Fsp3) is 0.562. The molecule has 1 aromatic rings. The fourth-order valence-electron chi connectivity index (χ4n) is 3.45. The van der Waals surface area contributed by atoms with Gasteiger partial charge in [-0.05, 0) is 37.5 Å². The second kappa shape index (κ2) is 6.11. The van der Waals surface area contributed by atoms with E-state index in [4.69, 9.17) is 11.6 Å². The summed E-state index contributed by atoms with van der Waals surface area (Å²) in [6.45, 7) is 1.34. The molecule has 0 radical (unpaired) electrons. The molecule has 2 aliphatic rings. The Morgan fingerprint density at radius 2 is 2.29 bits per heavy atom. The number of thiophene rings is 1. The van der Waals surface area contributed by atoms with Gasteiger partial charge in [0, 0.05) is 30.0 Å². The van der Waals surface area contributed by atoms with Crippen LogP contribution in [0.25, 0.3) is 6.08 Å². The smallest absolute Gasteiger partial charge is 0.246 e. The summed E-state index contributed by atoms with van der Waals surface area (Å²) < 4.78 is 0.729. The average molecular weight is 326 g/mol. The van der Waals surface area contributed by atoms with E-state index < -0.39 is 5.60 Å². The summed E-state index contributed by atoms with van der Waals surface area (Å²) in [6, 6.07) is 3.74. The van der Waals surface area contributed by atoms with Gasteiger partial charge in [-0.2, -0.15) is 0 Å². The predicted molar refractivity (Wildman–Crippen MR) is 86.5 cm³/mol. The van der Waals surface area contributed by atoms with Crippen LogP contribution in [0.2, 0.25) is 4.34 Å². The van der Waals surface area contributed by atoms with Gasteiger partial charge in [0.25, 0.3) is 0 Å². The molecule has 1 N–H and O–H groups in total. The Morgan fingerprint density at radius 1 is 1.43 bits per heavy atom. The van der Waals surface area contributed by atoms with Crippen molar-refractivity contribution >= 4 is 34.9 Å².